The largest absolute Gasteiger partial charge is 0.356 e. The Hall–Kier alpha value is -1.77. The highest BCUT2D eigenvalue weighted by Gasteiger charge is 2.27. The second-order valence-corrected chi connectivity index (χ2v) is 5.23. The Bertz CT molecular complexity index is 651. The molecule has 2 aromatic rings. The first-order valence-corrected chi connectivity index (χ1v) is 6.72. The molecular weight excluding hydrogens is 222 g/mol. The van der Waals surface area contributed by atoms with Crippen LogP contribution in [0.25, 0.3) is 10.9 Å². The average molecular weight is 239 g/mol. The van der Waals surface area contributed by atoms with Gasteiger partial charge in [0.05, 0.1) is 5.69 Å². The van der Waals surface area contributed by atoms with E-state index in [2.05, 4.69) is 40.8 Å². The summed E-state index contributed by atoms with van der Waals surface area (Å²) >= 11 is 0. The van der Waals surface area contributed by atoms with Crippen molar-refractivity contribution in [3.8, 4) is 0 Å². The number of aryl methyl sites for hydroxylation is 1. The van der Waals surface area contributed by atoms with Crippen LogP contribution >= 0.6 is 0 Å². The molecule has 0 aliphatic carbocycles. The maximum atomic E-state index is 4.79. The molecule has 18 heavy (non-hydrogen) atoms. The van der Waals surface area contributed by atoms with Gasteiger partial charge in [-0.1, -0.05) is 18.2 Å². The summed E-state index contributed by atoms with van der Waals surface area (Å²) < 4.78 is 2.47. The Labute approximate surface area is 107 Å². The van der Waals surface area contributed by atoms with Gasteiger partial charge in [0.25, 0.3) is 0 Å². The third-order valence-electron chi connectivity index (χ3n) is 4.15. The molecule has 2 aliphatic heterocycles. The second kappa shape index (κ2) is 3.61. The zero-order valence-electron chi connectivity index (χ0n) is 10.7. The van der Waals surface area contributed by atoms with Crippen LogP contribution in [-0.4, -0.2) is 35.4 Å². The van der Waals surface area contributed by atoms with Crippen molar-refractivity contribution >= 4 is 16.7 Å². The van der Waals surface area contributed by atoms with Gasteiger partial charge in [-0.2, -0.15) is 0 Å². The SMILES string of the molecule is CN1CCn2c3c(c4ccccc42)CCCN=C31. The van der Waals surface area contributed by atoms with Gasteiger partial charge in [0.2, 0.25) is 0 Å². The van der Waals surface area contributed by atoms with E-state index in [1.54, 1.807) is 0 Å². The number of hydrogen-bond donors (Lipinski definition) is 0. The highest BCUT2D eigenvalue weighted by Crippen LogP contribution is 2.31. The first kappa shape index (κ1) is 10.2. The van der Waals surface area contributed by atoms with Crippen molar-refractivity contribution < 1.29 is 0 Å². The van der Waals surface area contributed by atoms with Crippen LogP contribution in [0.15, 0.2) is 29.3 Å². The molecule has 0 fully saturated rings. The molecule has 3 heteroatoms. The van der Waals surface area contributed by atoms with Crippen molar-refractivity contribution in [2.24, 2.45) is 4.99 Å². The van der Waals surface area contributed by atoms with Crippen molar-refractivity contribution in [1.29, 1.82) is 0 Å². The number of aromatic nitrogens is 1. The molecule has 4 rings (SSSR count). The maximum Gasteiger partial charge on any atom is 0.148 e. The number of para-hydroxylation sites is 1. The van der Waals surface area contributed by atoms with Crippen LogP contribution in [0, 0.1) is 0 Å². The van der Waals surface area contributed by atoms with Crippen LogP contribution in [0.1, 0.15) is 17.7 Å². The third kappa shape index (κ3) is 1.22. The molecule has 1 aromatic carbocycles. The van der Waals surface area contributed by atoms with E-state index in [1.165, 1.54) is 34.4 Å². The van der Waals surface area contributed by atoms with Crippen LogP contribution < -0.4 is 0 Å². The Morgan fingerprint density at radius 2 is 2.06 bits per heavy atom. The zero-order chi connectivity index (χ0) is 12.1. The molecule has 3 heterocycles. The molecule has 92 valence electrons. The monoisotopic (exact) mass is 239 g/mol. The van der Waals surface area contributed by atoms with Crippen molar-refractivity contribution in [2.45, 2.75) is 19.4 Å². The minimum Gasteiger partial charge on any atom is -0.356 e. The van der Waals surface area contributed by atoms with Crippen molar-refractivity contribution in [3.63, 3.8) is 0 Å². The lowest BCUT2D eigenvalue weighted by Crippen LogP contribution is -2.38. The van der Waals surface area contributed by atoms with Gasteiger partial charge < -0.3 is 9.47 Å². The predicted octanol–water partition coefficient (Wildman–Crippen LogP) is 2.28. The number of amidine groups is 1. The van der Waals surface area contributed by atoms with Gasteiger partial charge in [0.15, 0.2) is 0 Å². The van der Waals surface area contributed by atoms with Gasteiger partial charge in [-0.05, 0) is 24.5 Å². The standard InChI is InChI=1S/C15H17N3/c1-17-9-10-18-13-7-3-2-5-11(13)12-6-4-8-16-15(17)14(12)18/h2-3,5,7H,4,6,8-10H2,1H3. The Balaban J connectivity index is 2.12. The fourth-order valence-electron chi connectivity index (χ4n) is 3.29. The van der Waals surface area contributed by atoms with Gasteiger partial charge in [0.1, 0.15) is 5.84 Å². The molecule has 0 amide bonds. The molecule has 0 bridgehead atoms. The summed E-state index contributed by atoms with van der Waals surface area (Å²) in [7, 11) is 2.16. The third-order valence-corrected chi connectivity index (χ3v) is 4.15. The smallest absolute Gasteiger partial charge is 0.148 e. The number of aliphatic imine (C=N–C) groups is 1. The Kier molecular flexibility index (Phi) is 2.04. The molecule has 0 saturated carbocycles. The van der Waals surface area contributed by atoms with E-state index in [-0.39, 0.29) is 0 Å². The normalized spacial score (nSPS) is 18.5. The summed E-state index contributed by atoms with van der Waals surface area (Å²) in [6.45, 7) is 3.10. The lowest BCUT2D eigenvalue weighted by Gasteiger charge is -2.28. The van der Waals surface area contributed by atoms with Gasteiger partial charge >= 0.3 is 0 Å². The van der Waals surface area contributed by atoms with Gasteiger partial charge in [0, 0.05) is 37.6 Å². The minimum atomic E-state index is 0.961. The van der Waals surface area contributed by atoms with Crippen molar-refractivity contribution in [2.75, 3.05) is 20.1 Å². The molecule has 3 nitrogen and oxygen atoms in total. The van der Waals surface area contributed by atoms with Crippen LogP contribution in [0.5, 0.6) is 0 Å². The Morgan fingerprint density at radius 1 is 1.17 bits per heavy atom. The van der Waals surface area contributed by atoms with Crippen LogP contribution in [0.2, 0.25) is 0 Å². The fourth-order valence-corrected chi connectivity index (χ4v) is 3.29. The van der Waals surface area contributed by atoms with Crippen LogP contribution in [0.4, 0.5) is 0 Å². The van der Waals surface area contributed by atoms with Gasteiger partial charge in [-0.25, -0.2) is 0 Å². The van der Waals surface area contributed by atoms with Crippen LogP contribution in [0.3, 0.4) is 0 Å². The lowest BCUT2D eigenvalue weighted by molar-refractivity contribution is 0.438. The van der Waals surface area contributed by atoms with Crippen molar-refractivity contribution in [1.82, 2.24) is 9.47 Å². The fraction of sp³-hybridized carbons (Fsp3) is 0.400. The molecule has 1 aromatic heterocycles. The summed E-state index contributed by atoms with van der Waals surface area (Å²) in [6, 6.07) is 8.79. The number of hydrogen-bond acceptors (Lipinski definition) is 2. The molecule has 0 saturated heterocycles. The summed E-state index contributed by atoms with van der Waals surface area (Å²) in [5.74, 6) is 1.20. The molecule has 0 N–H and O–H groups in total. The van der Waals surface area contributed by atoms with E-state index in [0.717, 1.165) is 26.1 Å². The first-order chi connectivity index (χ1) is 8.86. The molecule has 0 radical (unpaired) electrons. The highest BCUT2D eigenvalue weighted by atomic mass is 15.2. The Morgan fingerprint density at radius 3 is 3.00 bits per heavy atom. The number of nitrogens with zero attached hydrogens (tertiary/aromatic N) is 3. The molecule has 2 aliphatic rings. The molecular formula is C15H17N3. The van der Waals surface area contributed by atoms with E-state index in [4.69, 9.17) is 4.99 Å². The summed E-state index contributed by atoms with van der Waals surface area (Å²) in [5, 5.41) is 1.43. The number of benzene rings is 1. The minimum absolute atomic E-state index is 0.961. The summed E-state index contributed by atoms with van der Waals surface area (Å²) in [5.41, 5.74) is 4.26. The van der Waals surface area contributed by atoms with Gasteiger partial charge in [-0.3, -0.25) is 4.99 Å². The van der Waals surface area contributed by atoms with E-state index in [1.807, 2.05) is 0 Å². The van der Waals surface area contributed by atoms with Crippen LogP contribution in [-0.2, 0) is 13.0 Å². The van der Waals surface area contributed by atoms with E-state index in [9.17, 15) is 0 Å². The zero-order valence-corrected chi connectivity index (χ0v) is 10.7. The summed E-state index contributed by atoms with van der Waals surface area (Å²) in [4.78, 5) is 7.10. The molecule has 0 unspecified atom stereocenters. The maximum absolute atomic E-state index is 4.79. The second-order valence-electron chi connectivity index (χ2n) is 5.23. The van der Waals surface area contributed by atoms with E-state index < -0.39 is 0 Å². The number of rotatable bonds is 0. The number of likely N-dealkylation sites (N-methyl/N-ethyl adjacent to an activating group) is 1. The van der Waals surface area contributed by atoms with Crippen molar-refractivity contribution in [3.05, 3.63) is 35.5 Å². The van der Waals surface area contributed by atoms with Gasteiger partial charge in [-0.15, -0.1) is 0 Å². The highest BCUT2D eigenvalue weighted by molar-refractivity contribution is 6.05. The number of fused-ring (bicyclic) bond motifs is 3. The molecule has 0 atom stereocenters. The predicted molar refractivity (Wildman–Crippen MR) is 74.3 cm³/mol. The topological polar surface area (TPSA) is 20.5 Å². The summed E-state index contributed by atoms with van der Waals surface area (Å²) in [6.07, 6.45) is 2.32. The van der Waals surface area contributed by atoms with E-state index >= 15 is 0 Å². The first-order valence-electron chi connectivity index (χ1n) is 6.72. The quantitative estimate of drug-likeness (QED) is 0.690. The molecule has 0 spiro atoms. The average Bonchev–Trinajstić information content (AvgIpc) is 2.57. The van der Waals surface area contributed by atoms with E-state index in [0.29, 0.717) is 0 Å². The lowest BCUT2D eigenvalue weighted by atomic mass is 10.1.